The molecule has 6 nitrogen and oxygen atoms in total. The third-order valence-corrected chi connectivity index (χ3v) is 4.49. The van der Waals surface area contributed by atoms with Crippen LogP contribution in [-0.2, 0) is 5.75 Å². The van der Waals surface area contributed by atoms with Gasteiger partial charge in [-0.05, 0) is 35.9 Å². The summed E-state index contributed by atoms with van der Waals surface area (Å²) in [6.07, 6.45) is 0. The first-order valence-corrected chi connectivity index (χ1v) is 8.55. The van der Waals surface area contributed by atoms with Gasteiger partial charge in [0.15, 0.2) is 0 Å². The van der Waals surface area contributed by atoms with E-state index >= 15 is 0 Å². The molecule has 1 heterocycles. The minimum absolute atomic E-state index is 0.252. The molecule has 2 aromatic carbocycles. The molecule has 0 saturated carbocycles. The van der Waals surface area contributed by atoms with E-state index in [4.69, 9.17) is 25.9 Å². The molecule has 3 rings (SSSR count). The van der Waals surface area contributed by atoms with E-state index in [1.165, 1.54) is 11.8 Å². The molecule has 3 aromatic rings. The Morgan fingerprint density at radius 3 is 2.68 bits per heavy atom. The molecule has 0 amide bonds. The van der Waals surface area contributed by atoms with E-state index in [2.05, 4.69) is 10.2 Å². The number of halogens is 1. The van der Waals surface area contributed by atoms with Gasteiger partial charge < -0.3 is 14.3 Å². The average Bonchev–Trinajstić information content (AvgIpc) is 3.09. The molecule has 0 aliphatic carbocycles. The van der Waals surface area contributed by atoms with Crippen molar-refractivity contribution in [2.45, 2.75) is 11.0 Å². The Balaban J connectivity index is 1.72. The summed E-state index contributed by atoms with van der Waals surface area (Å²) >= 11 is 7.37. The van der Waals surface area contributed by atoms with E-state index in [1.807, 2.05) is 0 Å². The third kappa shape index (κ3) is 4.12. The number of hydrogen-bond acceptors (Lipinski definition) is 6. The zero-order valence-corrected chi connectivity index (χ0v) is 14.7. The maximum atomic E-state index is 10.8. The van der Waals surface area contributed by atoms with Gasteiger partial charge in [-0.1, -0.05) is 35.5 Å². The van der Waals surface area contributed by atoms with Crippen molar-refractivity contribution in [2.24, 2.45) is 0 Å². The van der Waals surface area contributed by atoms with Gasteiger partial charge in [-0.25, -0.2) is 4.79 Å². The number of aromatic nitrogens is 2. The van der Waals surface area contributed by atoms with Crippen LogP contribution in [0.1, 0.15) is 15.9 Å². The number of aromatic carboxylic acids is 1. The van der Waals surface area contributed by atoms with Crippen LogP contribution in [0.3, 0.4) is 0 Å². The highest BCUT2D eigenvalue weighted by atomic mass is 35.5. The van der Waals surface area contributed by atoms with Gasteiger partial charge >= 0.3 is 5.97 Å². The second-order valence-electron chi connectivity index (χ2n) is 5.01. The molecule has 0 fully saturated rings. The van der Waals surface area contributed by atoms with Crippen molar-refractivity contribution in [1.29, 1.82) is 0 Å². The Morgan fingerprint density at radius 1 is 1.24 bits per heavy atom. The number of hydrogen-bond donors (Lipinski definition) is 1. The molecule has 0 saturated heterocycles. The Morgan fingerprint density at radius 2 is 2.00 bits per heavy atom. The largest absolute Gasteiger partial charge is 0.496 e. The second kappa shape index (κ2) is 7.58. The molecule has 0 bridgehead atoms. The number of carboxylic acid groups (broad SMARTS) is 1. The third-order valence-electron chi connectivity index (χ3n) is 3.36. The summed E-state index contributed by atoms with van der Waals surface area (Å²) in [5, 5.41) is 17.9. The van der Waals surface area contributed by atoms with Crippen LogP contribution in [0.2, 0.25) is 5.02 Å². The number of carbonyl (C=O) groups is 1. The van der Waals surface area contributed by atoms with E-state index in [0.29, 0.717) is 33.2 Å². The first-order chi connectivity index (χ1) is 12.1. The molecule has 0 spiro atoms. The lowest BCUT2D eigenvalue weighted by Gasteiger charge is -2.04. The van der Waals surface area contributed by atoms with Gasteiger partial charge in [-0.2, -0.15) is 0 Å². The predicted octanol–water partition coefficient (Wildman–Crippen LogP) is 4.39. The summed E-state index contributed by atoms with van der Waals surface area (Å²) in [5.41, 5.74) is 1.83. The number of methoxy groups -OCH3 is 1. The highest BCUT2D eigenvalue weighted by molar-refractivity contribution is 7.98. The molecule has 128 valence electrons. The van der Waals surface area contributed by atoms with Crippen LogP contribution in [0.4, 0.5) is 0 Å². The summed E-state index contributed by atoms with van der Waals surface area (Å²) in [5.74, 6) is 0.543. The van der Waals surface area contributed by atoms with Gasteiger partial charge in [-0.15, -0.1) is 10.2 Å². The normalized spacial score (nSPS) is 10.6. The monoisotopic (exact) mass is 376 g/mol. The standard InChI is InChI=1S/C17H13ClN2O4S/c1-23-14-7-6-12(18)8-13(14)15-19-20-17(24-15)25-9-10-2-4-11(5-3-10)16(21)22/h2-8H,9H2,1H3,(H,21,22). The summed E-state index contributed by atoms with van der Waals surface area (Å²) < 4.78 is 10.9. The number of benzene rings is 2. The van der Waals surface area contributed by atoms with Gasteiger partial charge in [-0.3, -0.25) is 0 Å². The molecule has 1 N–H and O–H groups in total. The van der Waals surface area contributed by atoms with Gasteiger partial charge in [0.2, 0.25) is 0 Å². The summed E-state index contributed by atoms with van der Waals surface area (Å²) in [7, 11) is 1.56. The van der Waals surface area contributed by atoms with Gasteiger partial charge in [0.25, 0.3) is 11.1 Å². The van der Waals surface area contributed by atoms with E-state index < -0.39 is 5.97 Å². The van der Waals surface area contributed by atoms with Crippen molar-refractivity contribution in [2.75, 3.05) is 7.11 Å². The molecule has 1 aromatic heterocycles. The lowest BCUT2D eigenvalue weighted by atomic mass is 10.1. The highest BCUT2D eigenvalue weighted by Gasteiger charge is 2.14. The summed E-state index contributed by atoms with van der Waals surface area (Å²) in [6, 6.07) is 11.8. The van der Waals surface area contributed by atoms with Gasteiger partial charge in [0.1, 0.15) is 5.75 Å². The number of nitrogens with zero attached hydrogens (tertiary/aromatic N) is 2. The van der Waals surface area contributed by atoms with Gasteiger partial charge in [0, 0.05) is 10.8 Å². The SMILES string of the molecule is COc1ccc(Cl)cc1-c1nnc(SCc2ccc(C(=O)O)cc2)o1. The van der Waals surface area contributed by atoms with Crippen LogP contribution in [0.5, 0.6) is 5.75 Å². The van der Waals surface area contributed by atoms with Crippen molar-refractivity contribution < 1.29 is 19.1 Å². The highest BCUT2D eigenvalue weighted by Crippen LogP contribution is 2.33. The lowest BCUT2D eigenvalue weighted by molar-refractivity contribution is 0.0697. The number of carboxylic acids is 1. The molecule has 0 atom stereocenters. The zero-order chi connectivity index (χ0) is 17.8. The quantitative estimate of drug-likeness (QED) is 0.638. The van der Waals surface area contributed by atoms with Crippen molar-refractivity contribution in [1.82, 2.24) is 10.2 Å². The summed E-state index contributed by atoms with van der Waals surface area (Å²) in [4.78, 5) is 10.8. The Bertz CT molecular complexity index is 896. The van der Waals surface area contributed by atoms with E-state index in [-0.39, 0.29) is 5.56 Å². The van der Waals surface area contributed by atoms with E-state index in [1.54, 1.807) is 49.6 Å². The predicted molar refractivity (Wildman–Crippen MR) is 94.3 cm³/mol. The maximum absolute atomic E-state index is 10.8. The van der Waals surface area contributed by atoms with E-state index in [0.717, 1.165) is 5.56 Å². The minimum atomic E-state index is -0.948. The van der Waals surface area contributed by atoms with Gasteiger partial charge in [0.05, 0.1) is 18.2 Å². The van der Waals surface area contributed by atoms with E-state index in [9.17, 15) is 4.79 Å². The molecule has 0 unspecified atom stereocenters. The van der Waals surface area contributed by atoms with Crippen LogP contribution >= 0.6 is 23.4 Å². The van der Waals surface area contributed by atoms with Crippen molar-refractivity contribution in [3.05, 3.63) is 58.6 Å². The van der Waals surface area contributed by atoms with Crippen LogP contribution < -0.4 is 4.74 Å². The van der Waals surface area contributed by atoms with Crippen LogP contribution in [0.25, 0.3) is 11.5 Å². The number of thioether (sulfide) groups is 1. The second-order valence-corrected chi connectivity index (χ2v) is 6.37. The first kappa shape index (κ1) is 17.3. The molecular weight excluding hydrogens is 364 g/mol. The molecule has 25 heavy (non-hydrogen) atoms. The molecule has 0 radical (unpaired) electrons. The van der Waals surface area contributed by atoms with Crippen LogP contribution in [0.15, 0.2) is 52.1 Å². The molecule has 8 heteroatoms. The fourth-order valence-electron chi connectivity index (χ4n) is 2.11. The Labute approximate surface area is 152 Å². The fraction of sp³-hybridized carbons (Fsp3) is 0.118. The summed E-state index contributed by atoms with van der Waals surface area (Å²) in [6.45, 7) is 0. The van der Waals surface area contributed by atoms with Crippen LogP contribution in [0, 0.1) is 0 Å². The average molecular weight is 377 g/mol. The van der Waals surface area contributed by atoms with Crippen molar-refractivity contribution in [3.63, 3.8) is 0 Å². The topological polar surface area (TPSA) is 85.5 Å². The van der Waals surface area contributed by atoms with Crippen molar-refractivity contribution in [3.8, 4) is 17.2 Å². The minimum Gasteiger partial charge on any atom is -0.496 e. The van der Waals surface area contributed by atoms with Crippen LogP contribution in [-0.4, -0.2) is 28.4 Å². The first-order valence-electron chi connectivity index (χ1n) is 7.19. The number of rotatable bonds is 6. The van der Waals surface area contributed by atoms with Crippen molar-refractivity contribution >= 4 is 29.3 Å². The fourth-order valence-corrected chi connectivity index (χ4v) is 3.00. The number of ether oxygens (including phenoxy) is 1. The molecule has 0 aliphatic rings. The maximum Gasteiger partial charge on any atom is 0.335 e. The zero-order valence-electron chi connectivity index (χ0n) is 13.1. The lowest BCUT2D eigenvalue weighted by Crippen LogP contribution is -1.95. The molecular formula is C17H13ClN2O4S. The Kier molecular flexibility index (Phi) is 5.25. The smallest absolute Gasteiger partial charge is 0.335 e. The molecule has 0 aliphatic heterocycles. The Hall–Kier alpha value is -2.51.